The number of nitrogens with zero attached hydrogens (tertiary/aromatic N) is 3. The second-order valence-electron chi connectivity index (χ2n) is 8.51. The minimum absolute atomic E-state index is 0.214. The van der Waals surface area contributed by atoms with Crippen LogP contribution in [0.4, 0.5) is 17.6 Å². The van der Waals surface area contributed by atoms with Gasteiger partial charge in [-0.25, -0.2) is 0 Å². The third kappa shape index (κ3) is 6.10. The molecule has 170 valence electrons. The predicted molar refractivity (Wildman–Crippen MR) is 143 cm³/mol. The van der Waals surface area contributed by atoms with Crippen molar-refractivity contribution in [3.63, 3.8) is 0 Å². The summed E-state index contributed by atoms with van der Waals surface area (Å²) in [6.45, 7) is 4.54. The Balaban J connectivity index is 1.39. The van der Waals surface area contributed by atoms with Gasteiger partial charge in [-0.2, -0.15) is 15.0 Å². The number of rotatable bonds is 9. The lowest BCUT2D eigenvalue weighted by molar-refractivity contribution is 0.357. The number of nitrogen functional groups attached to an aromatic ring is 1. The molecule has 6 nitrogen and oxygen atoms in total. The zero-order chi connectivity index (χ0) is 23.2. The van der Waals surface area contributed by atoms with E-state index in [0.29, 0.717) is 29.4 Å². The SMILES string of the molecule is CC(CCc1ccc2ccccc2c1)C(C)Cc1nc(N)nc(Nc2ccccc2OI)n1. The van der Waals surface area contributed by atoms with Crippen LogP contribution in [0, 0.1) is 11.8 Å². The molecule has 0 fully saturated rings. The van der Waals surface area contributed by atoms with Crippen molar-refractivity contribution in [1.82, 2.24) is 15.0 Å². The van der Waals surface area contributed by atoms with E-state index in [4.69, 9.17) is 8.80 Å². The first-order valence-electron chi connectivity index (χ1n) is 11.1. The molecule has 1 heterocycles. The molecule has 0 aliphatic rings. The van der Waals surface area contributed by atoms with Crippen LogP contribution in [0.15, 0.2) is 66.7 Å². The van der Waals surface area contributed by atoms with Gasteiger partial charge in [0.1, 0.15) is 5.82 Å². The molecule has 33 heavy (non-hydrogen) atoms. The van der Waals surface area contributed by atoms with Crippen LogP contribution in [-0.4, -0.2) is 15.0 Å². The van der Waals surface area contributed by atoms with Crippen LogP contribution in [0.25, 0.3) is 10.8 Å². The molecule has 3 aromatic carbocycles. The smallest absolute Gasteiger partial charge is 0.232 e. The number of hydrogen-bond donors (Lipinski definition) is 2. The number of anilines is 3. The van der Waals surface area contributed by atoms with Crippen molar-refractivity contribution >= 4 is 51.4 Å². The third-order valence-corrected chi connectivity index (χ3v) is 6.57. The maximum absolute atomic E-state index is 5.98. The highest BCUT2D eigenvalue weighted by atomic mass is 127. The minimum atomic E-state index is 0.214. The zero-order valence-electron chi connectivity index (χ0n) is 18.8. The molecule has 7 heteroatoms. The maximum atomic E-state index is 5.98. The summed E-state index contributed by atoms with van der Waals surface area (Å²) < 4.78 is 5.37. The van der Waals surface area contributed by atoms with Crippen molar-refractivity contribution in [2.45, 2.75) is 33.1 Å². The summed E-state index contributed by atoms with van der Waals surface area (Å²) in [4.78, 5) is 13.2. The van der Waals surface area contributed by atoms with E-state index in [-0.39, 0.29) is 5.95 Å². The van der Waals surface area contributed by atoms with Crippen molar-refractivity contribution in [2.75, 3.05) is 11.1 Å². The largest absolute Gasteiger partial charge is 0.425 e. The third-order valence-electron chi connectivity index (χ3n) is 6.09. The number of fused-ring (bicyclic) bond motifs is 1. The number of para-hydroxylation sites is 2. The van der Waals surface area contributed by atoms with Crippen LogP contribution in [0.1, 0.15) is 31.7 Å². The lowest BCUT2D eigenvalue weighted by atomic mass is 9.87. The van der Waals surface area contributed by atoms with Gasteiger partial charge >= 0.3 is 0 Å². The fourth-order valence-electron chi connectivity index (χ4n) is 3.91. The number of nitrogens with two attached hydrogens (primary N) is 1. The zero-order valence-corrected chi connectivity index (χ0v) is 21.0. The topological polar surface area (TPSA) is 86.0 Å². The first kappa shape index (κ1) is 23.2. The fraction of sp³-hybridized carbons (Fsp3) is 0.269. The van der Waals surface area contributed by atoms with Gasteiger partial charge in [0.2, 0.25) is 11.9 Å². The van der Waals surface area contributed by atoms with E-state index in [0.717, 1.165) is 24.9 Å². The van der Waals surface area contributed by atoms with Gasteiger partial charge in [-0.05, 0) is 53.1 Å². The summed E-state index contributed by atoms with van der Waals surface area (Å²) in [5, 5.41) is 5.78. The van der Waals surface area contributed by atoms with Gasteiger partial charge in [0.05, 0.1) is 5.69 Å². The fourth-order valence-corrected chi connectivity index (χ4v) is 4.29. The molecule has 0 aliphatic carbocycles. The Hall–Kier alpha value is -2.94. The predicted octanol–water partition coefficient (Wildman–Crippen LogP) is 6.53. The number of benzene rings is 3. The number of nitrogens with one attached hydrogen (secondary N) is 1. The van der Waals surface area contributed by atoms with Gasteiger partial charge < -0.3 is 14.1 Å². The van der Waals surface area contributed by atoms with Crippen molar-refractivity contribution in [3.8, 4) is 5.75 Å². The lowest BCUT2D eigenvalue weighted by Crippen LogP contribution is -2.15. The molecule has 0 amide bonds. The first-order valence-corrected chi connectivity index (χ1v) is 12.0. The lowest BCUT2D eigenvalue weighted by Gasteiger charge is -2.19. The number of hydrogen-bond acceptors (Lipinski definition) is 6. The van der Waals surface area contributed by atoms with Crippen molar-refractivity contribution < 1.29 is 3.07 Å². The van der Waals surface area contributed by atoms with Gasteiger partial charge in [0, 0.05) is 6.42 Å². The Morgan fingerprint density at radius 2 is 1.67 bits per heavy atom. The summed E-state index contributed by atoms with van der Waals surface area (Å²) >= 11 is 1.86. The van der Waals surface area contributed by atoms with Crippen LogP contribution in [0.2, 0.25) is 0 Å². The summed E-state index contributed by atoms with van der Waals surface area (Å²) in [6, 6.07) is 22.9. The van der Waals surface area contributed by atoms with Crippen molar-refractivity contribution in [2.24, 2.45) is 11.8 Å². The summed E-state index contributed by atoms with van der Waals surface area (Å²) in [5.41, 5.74) is 8.13. The average molecular weight is 553 g/mol. The molecule has 2 unspecified atom stereocenters. The van der Waals surface area contributed by atoms with Gasteiger partial charge in [-0.15, -0.1) is 0 Å². The van der Waals surface area contributed by atoms with Crippen molar-refractivity contribution in [1.29, 1.82) is 0 Å². The Morgan fingerprint density at radius 1 is 0.909 bits per heavy atom. The standard InChI is InChI=1S/C26H28IN5O/c1-17(11-12-19-13-14-20-7-3-4-8-21(20)16-19)18(2)15-24-30-25(28)32-26(31-24)29-22-9-5-6-10-23(22)33-27/h3-10,13-14,16-18H,11-12,15H2,1-2H3,(H3,28,29,30,31,32). The van der Waals surface area contributed by atoms with E-state index < -0.39 is 0 Å². The summed E-state index contributed by atoms with van der Waals surface area (Å²) in [5.74, 6) is 2.96. The molecular formula is C26H28IN5O. The van der Waals surface area contributed by atoms with Crippen LogP contribution < -0.4 is 14.1 Å². The van der Waals surface area contributed by atoms with Crippen LogP contribution in [-0.2, 0) is 12.8 Å². The van der Waals surface area contributed by atoms with E-state index in [1.807, 2.05) is 47.3 Å². The quantitative estimate of drug-likeness (QED) is 0.230. The molecule has 0 spiro atoms. The molecule has 2 atom stereocenters. The van der Waals surface area contributed by atoms with E-state index in [9.17, 15) is 0 Å². The molecule has 4 rings (SSSR count). The van der Waals surface area contributed by atoms with Gasteiger partial charge in [0.15, 0.2) is 28.8 Å². The van der Waals surface area contributed by atoms with E-state index in [1.54, 1.807) is 0 Å². The van der Waals surface area contributed by atoms with Crippen LogP contribution in [0.3, 0.4) is 0 Å². The molecular weight excluding hydrogens is 525 g/mol. The Kier molecular flexibility index (Phi) is 7.59. The minimum Gasteiger partial charge on any atom is -0.425 e. The normalized spacial score (nSPS) is 12.9. The van der Waals surface area contributed by atoms with E-state index in [2.05, 4.69) is 76.6 Å². The van der Waals surface area contributed by atoms with Crippen LogP contribution in [0.5, 0.6) is 5.75 Å². The molecule has 0 saturated carbocycles. The molecule has 3 N–H and O–H groups in total. The Labute approximate surface area is 208 Å². The van der Waals surface area contributed by atoms with Gasteiger partial charge in [-0.3, -0.25) is 0 Å². The molecule has 0 bridgehead atoms. The van der Waals surface area contributed by atoms with Crippen molar-refractivity contribution in [3.05, 3.63) is 78.1 Å². The molecule has 1 aromatic heterocycles. The Bertz CT molecular complexity index is 1230. The van der Waals surface area contributed by atoms with Gasteiger partial charge in [0.25, 0.3) is 0 Å². The highest BCUT2D eigenvalue weighted by Crippen LogP contribution is 2.28. The highest BCUT2D eigenvalue weighted by Gasteiger charge is 2.16. The Morgan fingerprint density at radius 3 is 2.48 bits per heavy atom. The van der Waals surface area contributed by atoms with E-state index in [1.165, 1.54) is 16.3 Å². The average Bonchev–Trinajstić information content (AvgIpc) is 2.82. The molecule has 0 aliphatic heterocycles. The van der Waals surface area contributed by atoms with Crippen LogP contribution >= 0.6 is 23.0 Å². The monoisotopic (exact) mass is 553 g/mol. The number of aromatic nitrogens is 3. The number of halogens is 1. The first-order chi connectivity index (χ1) is 16.0. The second-order valence-corrected chi connectivity index (χ2v) is 8.95. The summed E-state index contributed by atoms with van der Waals surface area (Å²) in [6.07, 6.45) is 2.89. The number of aryl methyl sites for hydroxylation is 1. The second kappa shape index (κ2) is 10.8. The van der Waals surface area contributed by atoms with Gasteiger partial charge in [-0.1, -0.05) is 68.4 Å². The molecule has 0 radical (unpaired) electrons. The molecule has 0 saturated heterocycles. The molecule has 4 aromatic rings. The highest BCUT2D eigenvalue weighted by molar-refractivity contribution is 14.1. The summed E-state index contributed by atoms with van der Waals surface area (Å²) in [7, 11) is 0. The van der Waals surface area contributed by atoms with E-state index >= 15 is 0 Å². The maximum Gasteiger partial charge on any atom is 0.232 e.